The molecule has 1 unspecified atom stereocenters. The predicted molar refractivity (Wildman–Crippen MR) is 99.2 cm³/mol. The van der Waals surface area contributed by atoms with E-state index in [1.54, 1.807) is 0 Å². The molecule has 0 aromatic heterocycles. The van der Waals surface area contributed by atoms with Crippen LogP contribution in [0.3, 0.4) is 0 Å². The number of aliphatic hydroxyl groups is 1. The summed E-state index contributed by atoms with van der Waals surface area (Å²) in [6, 6.07) is 9.81. The van der Waals surface area contributed by atoms with Gasteiger partial charge in [0.2, 0.25) is 0 Å². The minimum absolute atomic E-state index is 0.0468. The monoisotopic (exact) mass is 421 g/mol. The highest BCUT2D eigenvalue weighted by Gasteiger charge is 2.37. The van der Waals surface area contributed by atoms with Gasteiger partial charge in [-0.15, -0.1) is 0 Å². The number of halogens is 3. The van der Waals surface area contributed by atoms with Crippen LogP contribution in [0.5, 0.6) is 0 Å². The van der Waals surface area contributed by atoms with Gasteiger partial charge in [0.05, 0.1) is 21.4 Å². The number of amides is 1. The third-order valence-electron chi connectivity index (χ3n) is 3.31. The molecule has 9 heteroatoms. The Bertz CT molecular complexity index is 896. The predicted octanol–water partition coefficient (Wildman–Crippen LogP) is 3.81. The van der Waals surface area contributed by atoms with E-state index in [0.29, 0.717) is 10.0 Å². The van der Waals surface area contributed by atoms with Crippen LogP contribution in [-0.2, 0) is 14.6 Å². The maximum absolute atomic E-state index is 12.4. The van der Waals surface area contributed by atoms with Gasteiger partial charge in [-0.2, -0.15) is 0 Å². The van der Waals surface area contributed by atoms with E-state index in [4.69, 9.17) is 34.8 Å². The highest BCUT2D eigenvalue weighted by atomic mass is 35.5. The van der Waals surface area contributed by atoms with Crippen molar-refractivity contribution in [3.05, 3.63) is 57.5 Å². The summed E-state index contributed by atoms with van der Waals surface area (Å²) in [6.07, 6.45) is 0. The van der Waals surface area contributed by atoms with E-state index in [1.807, 2.05) is 0 Å². The lowest BCUT2D eigenvalue weighted by atomic mass is 10.1. The first kappa shape index (κ1) is 20.0. The normalized spacial score (nSPS) is 14.0. The molecule has 0 heterocycles. The average Bonchev–Trinajstić information content (AvgIpc) is 2.49. The van der Waals surface area contributed by atoms with E-state index in [-0.39, 0.29) is 15.6 Å². The molecule has 1 amide bonds. The van der Waals surface area contributed by atoms with Crippen molar-refractivity contribution < 1.29 is 18.3 Å². The van der Waals surface area contributed by atoms with Crippen molar-refractivity contribution in [2.45, 2.75) is 17.4 Å². The number of rotatable bonds is 5. The summed E-state index contributed by atoms with van der Waals surface area (Å²) in [5, 5.41) is 13.7. The lowest BCUT2D eigenvalue weighted by Gasteiger charge is -2.22. The SMILES string of the molecule is CC(O)(CS(=O)(=O)c1ccc(Cl)cc1)C(=O)Nc1ccc(Cl)cc1Cl. The second-order valence-corrected chi connectivity index (χ2v) is 8.83. The van der Waals surface area contributed by atoms with Crippen LogP contribution < -0.4 is 5.32 Å². The van der Waals surface area contributed by atoms with Crippen LogP contribution in [-0.4, -0.2) is 30.8 Å². The topological polar surface area (TPSA) is 83.5 Å². The molecule has 0 bridgehead atoms. The van der Waals surface area contributed by atoms with Crippen LogP contribution in [0.1, 0.15) is 6.92 Å². The van der Waals surface area contributed by atoms with E-state index >= 15 is 0 Å². The summed E-state index contributed by atoms with van der Waals surface area (Å²) < 4.78 is 24.8. The molecule has 0 radical (unpaired) electrons. The van der Waals surface area contributed by atoms with Crippen molar-refractivity contribution in [3.8, 4) is 0 Å². The summed E-state index contributed by atoms with van der Waals surface area (Å²) in [7, 11) is -3.91. The summed E-state index contributed by atoms with van der Waals surface area (Å²) in [4.78, 5) is 12.2. The van der Waals surface area contributed by atoms with E-state index in [0.717, 1.165) is 6.92 Å². The fourth-order valence-corrected chi connectivity index (χ4v) is 4.18. The molecule has 0 fully saturated rings. The Morgan fingerprint density at radius 3 is 2.20 bits per heavy atom. The summed E-state index contributed by atoms with van der Waals surface area (Å²) in [5.74, 6) is -1.71. The number of hydrogen-bond donors (Lipinski definition) is 2. The zero-order valence-electron chi connectivity index (χ0n) is 13.0. The standard InChI is InChI=1S/C16H14Cl3NO4S/c1-16(22,9-25(23,24)12-5-2-10(17)3-6-12)15(21)20-14-7-4-11(18)8-13(14)19/h2-8,22H,9H2,1H3,(H,20,21). The first-order valence-electron chi connectivity index (χ1n) is 6.98. The Morgan fingerprint density at radius 1 is 1.08 bits per heavy atom. The Hall–Kier alpha value is -1.31. The van der Waals surface area contributed by atoms with Gasteiger partial charge in [-0.1, -0.05) is 34.8 Å². The summed E-state index contributed by atoms with van der Waals surface area (Å²) in [6.45, 7) is 1.11. The van der Waals surface area contributed by atoms with E-state index in [9.17, 15) is 18.3 Å². The number of sulfone groups is 1. The zero-order chi connectivity index (χ0) is 18.8. The van der Waals surface area contributed by atoms with Gasteiger partial charge in [-0.3, -0.25) is 4.79 Å². The Labute approximate surface area is 160 Å². The Kier molecular flexibility index (Phi) is 6.01. The third kappa shape index (κ3) is 5.09. The molecule has 134 valence electrons. The molecular weight excluding hydrogens is 409 g/mol. The van der Waals surface area contributed by atoms with Crippen molar-refractivity contribution in [2.75, 3.05) is 11.1 Å². The van der Waals surface area contributed by atoms with E-state index in [1.165, 1.54) is 42.5 Å². The molecular formula is C16H14Cl3NO4S. The molecule has 2 aromatic carbocycles. The van der Waals surface area contributed by atoms with Crippen LogP contribution in [0.25, 0.3) is 0 Å². The van der Waals surface area contributed by atoms with Crippen LogP contribution in [0.4, 0.5) is 5.69 Å². The maximum atomic E-state index is 12.4. The number of anilines is 1. The summed E-state index contributed by atoms with van der Waals surface area (Å²) >= 11 is 17.5. The maximum Gasteiger partial charge on any atom is 0.257 e. The quantitative estimate of drug-likeness (QED) is 0.767. The molecule has 1 atom stereocenters. The molecule has 0 spiro atoms. The number of carbonyl (C=O) groups is 1. The molecule has 0 aliphatic carbocycles. The van der Waals surface area contributed by atoms with Crippen molar-refractivity contribution in [2.24, 2.45) is 0 Å². The molecule has 0 aliphatic heterocycles. The molecule has 25 heavy (non-hydrogen) atoms. The fourth-order valence-electron chi connectivity index (χ4n) is 2.01. The molecule has 0 saturated heterocycles. The van der Waals surface area contributed by atoms with Gasteiger partial charge < -0.3 is 10.4 Å². The minimum Gasteiger partial charge on any atom is -0.379 e. The first-order chi connectivity index (χ1) is 11.5. The second-order valence-electron chi connectivity index (χ2n) is 5.57. The largest absolute Gasteiger partial charge is 0.379 e. The van der Waals surface area contributed by atoms with Crippen molar-refractivity contribution in [1.29, 1.82) is 0 Å². The number of nitrogens with one attached hydrogen (secondary N) is 1. The number of hydrogen-bond acceptors (Lipinski definition) is 4. The van der Waals surface area contributed by atoms with E-state index in [2.05, 4.69) is 5.32 Å². The van der Waals surface area contributed by atoms with Crippen LogP contribution in [0.2, 0.25) is 15.1 Å². The average molecular weight is 423 g/mol. The van der Waals surface area contributed by atoms with Gasteiger partial charge in [-0.25, -0.2) is 8.42 Å². The lowest BCUT2D eigenvalue weighted by molar-refractivity contribution is -0.130. The number of benzene rings is 2. The van der Waals surface area contributed by atoms with Gasteiger partial charge in [0.1, 0.15) is 0 Å². The van der Waals surface area contributed by atoms with Gasteiger partial charge in [-0.05, 0) is 49.4 Å². The molecule has 2 aromatic rings. The van der Waals surface area contributed by atoms with Crippen molar-refractivity contribution >= 4 is 56.2 Å². The molecule has 0 saturated carbocycles. The molecule has 5 nitrogen and oxygen atoms in total. The third-order valence-corrected chi connectivity index (χ3v) is 6.04. The lowest BCUT2D eigenvalue weighted by Crippen LogP contribution is -2.45. The highest BCUT2D eigenvalue weighted by Crippen LogP contribution is 2.27. The number of carbonyl (C=O) groups excluding carboxylic acids is 1. The van der Waals surface area contributed by atoms with Crippen LogP contribution >= 0.6 is 34.8 Å². The van der Waals surface area contributed by atoms with Gasteiger partial charge in [0.25, 0.3) is 5.91 Å². The molecule has 2 N–H and O–H groups in total. The molecule has 2 rings (SSSR count). The van der Waals surface area contributed by atoms with Gasteiger partial charge >= 0.3 is 0 Å². The fraction of sp³-hybridized carbons (Fsp3) is 0.188. The minimum atomic E-state index is -3.91. The van der Waals surface area contributed by atoms with Crippen molar-refractivity contribution in [1.82, 2.24) is 0 Å². The first-order valence-corrected chi connectivity index (χ1v) is 9.77. The zero-order valence-corrected chi connectivity index (χ0v) is 16.0. The van der Waals surface area contributed by atoms with Crippen LogP contribution in [0, 0.1) is 0 Å². The van der Waals surface area contributed by atoms with Crippen LogP contribution in [0.15, 0.2) is 47.4 Å². The smallest absolute Gasteiger partial charge is 0.257 e. The molecule has 0 aliphatic rings. The van der Waals surface area contributed by atoms with Crippen molar-refractivity contribution in [3.63, 3.8) is 0 Å². The summed E-state index contributed by atoms with van der Waals surface area (Å²) in [5.41, 5.74) is -1.97. The Balaban J connectivity index is 2.19. The van der Waals surface area contributed by atoms with Gasteiger partial charge in [0.15, 0.2) is 15.4 Å². The Morgan fingerprint density at radius 2 is 1.64 bits per heavy atom. The highest BCUT2D eigenvalue weighted by molar-refractivity contribution is 7.91. The second kappa shape index (κ2) is 7.51. The van der Waals surface area contributed by atoms with Gasteiger partial charge in [0, 0.05) is 10.0 Å². The van der Waals surface area contributed by atoms with E-state index < -0.39 is 27.1 Å².